The highest BCUT2D eigenvalue weighted by Gasteiger charge is 2.44. The predicted molar refractivity (Wildman–Crippen MR) is 92.0 cm³/mol. The third-order valence-corrected chi connectivity index (χ3v) is 9.88. The molecule has 0 heterocycles. The second-order valence-corrected chi connectivity index (χ2v) is 13.0. The van der Waals surface area contributed by atoms with Crippen molar-refractivity contribution in [2.75, 3.05) is 6.61 Å². The molecule has 0 atom stereocenters. The number of ether oxygens (including phenoxy) is 1. The maximum atomic E-state index is 11.6. The molecule has 124 valence electrons. The van der Waals surface area contributed by atoms with E-state index >= 15 is 0 Å². The Kier molecular flexibility index (Phi) is 7.90. The Morgan fingerprint density at radius 2 is 1.43 bits per heavy atom. The highest BCUT2D eigenvalue weighted by atomic mass is 28.4. The first-order valence-electron chi connectivity index (χ1n) is 7.97. The van der Waals surface area contributed by atoms with Gasteiger partial charge in [0.1, 0.15) is 5.60 Å². The zero-order valence-corrected chi connectivity index (χ0v) is 16.3. The molecule has 0 aliphatic rings. The molecule has 0 N–H and O–H groups in total. The second-order valence-electron chi connectivity index (χ2n) is 7.56. The summed E-state index contributed by atoms with van der Waals surface area (Å²) in [6.07, 6.45) is 3.26. The molecule has 0 radical (unpaired) electrons. The molecule has 0 fully saturated rings. The van der Waals surface area contributed by atoms with Gasteiger partial charge in [-0.15, -0.1) is 0 Å². The summed E-state index contributed by atoms with van der Waals surface area (Å²) in [6.45, 7) is 19.6. The van der Waals surface area contributed by atoms with Crippen LogP contribution in [-0.2, 0) is 14.0 Å². The number of rotatable bonds is 7. The fourth-order valence-electron chi connectivity index (χ4n) is 3.17. The van der Waals surface area contributed by atoms with Crippen LogP contribution in [0.3, 0.4) is 0 Å². The zero-order chi connectivity index (χ0) is 16.8. The van der Waals surface area contributed by atoms with Crippen LogP contribution in [0, 0.1) is 0 Å². The molecule has 21 heavy (non-hydrogen) atoms. The maximum Gasteiger partial charge on any atom is 0.331 e. The normalized spacial score (nSPS) is 13.7. The van der Waals surface area contributed by atoms with Gasteiger partial charge in [-0.3, -0.25) is 0 Å². The van der Waals surface area contributed by atoms with E-state index in [0.717, 1.165) is 0 Å². The summed E-state index contributed by atoms with van der Waals surface area (Å²) in [4.78, 5) is 11.6. The van der Waals surface area contributed by atoms with Crippen LogP contribution in [0.1, 0.15) is 62.3 Å². The standard InChI is InChI=1S/C17H34O3Si/c1-13(2)21(14(3)4,15(5)6)19-12-10-11-16(18)20-17(7,8)9/h10-11,13-15H,12H2,1-9H3/b11-10+. The Morgan fingerprint density at radius 3 is 1.76 bits per heavy atom. The fourth-order valence-corrected chi connectivity index (χ4v) is 8.56. The largest absolute Gasteiger partial charge is 0.457 e. The van der Waals surface area contributed by atoms with Crippen LogP contribution in [0.15, 0.2) is 12.2 Å². The molecular weight excluding hydrogens is 280 g/mol. The third kappa shape index (κ3) is 6.35. The van der Waals surface area contributed by atoms with Crippen molar-refractivity contribution >= 4 is 14.3 Å². The lowest BCUT2D eigenvalue weighted by Crippen LogP contribution is -2.47. The van der Waals surface area contributed by atoms with Gasteiger partial charge in [0.25, 0.3) is 0 Å². The van der Waals surface area contributed by atoms with Crippen LogP contribution < -0.4 is 0 Å². The van der Waals surface area contributed by atoms with Crippen molar-refractivity contribution in [3.05, 3.63) is 12.2 Å². The van der Waals surface area contributed by atoms with Gasteiger partial charge in [-0.1, -0.05) is 47.6 Å². The van der Waals surface area contributed by atoms with Gasteiger partial charge in [-0.2, -0.15) is 0 Å². The molecule has 0 bridgehead atoms. The average Bonchev–Trinajstić information content (AvgIpc) is 2.24. The zero-order valence-electron chi connectivity index (χ0n) is 15.3. The summed E-state index contributed by atoms with van der Waals surface area (Å²) in [5, 5.41) is 0. The summed E-state index contributed by atoms with van der Waals surface area (Å²) in [7, 11) is -1.85. The lowest BCUT2D eigenvalue weighted by molar-refractivity contribution is -0.148. The average molecular weight is 315 g/mol. The number of esters is 1. The van der Waals surface area contributed by atoms with Gasteiger partial charge in [-0.25, -0.2) is 4.79 Å². The number of carbonyl (C=O) groups excluding carboxylic acids is 1. The van der Waals surface area contributed by atoms with Crippen molar-refractivity contribution < 1.29 is 14.0 Å². The summed E-state index contributed by atoms with van der Waals surface area (Å²) in [6, 6.07) is 0. The van der Waals surface area contributed by atoms with Gasteiger partial charge in [0, 0.05) is 6.08 Å². The highest BCUT2D eigenvalue weighted by molar-refractivity contribution is 6.77. The van der Waals surface area contributed by atoms with E-state index in [4.69, 9.17) is 9.16 Å². The first-order valence-corrected chi connectivity index (χ1v) is 10.1. The van der Waals surface area contributed by atoms with Crippen LogP contribution in [0.2, 0.25) is 16.6 Å². The van der Waals surface area contributed by atoms with Crippen molar-refractivity contribution in [3.63, 3.8) is 0 Å². The van der Waals surface area contributed by atoms with E-state index in [2.05, 4.69) is 41.5 Å². The number of hydrogen-bond acceptors (Lipinski definition) is 3. The molecular formula is C17H34O3Si. The Labute approximate surface area is 132 Å². The van der Waals surface area contributed by atoms with Crippen molar-refractivity contribution in [2.45, 2.75) is 84.5 Å². The molecule has 0 amide bonds. The SMILES string of the molecule is CC(C)[Si](OC/C=C/C(=O)OC(C)(C)C)(C(C)C)C(C)C. The van der Waals surface area contributed by atoms with Gasteiger partial charge in [0.05, 0.1) is 6.61 Å². The van der Waals surface area contributed by atoms with Gasteiger partial charge >= 0.3 is 5.97 Å². The van der Waals surface area contributed by atoms with Gasteiger partial charge in [-0.05, 0) is 37.4 Å². The maximum absolute atomic E-state index is 11.6. The van der Waals surface area contributed by atoms with Gasteiger partial charge in [0.2, 0.25) is 8.32 Å². The molecule has 0 unspecified atom stereocenters. The molecule has 0 aliphatic carbocycles. The van der Waals surface area contributed by atoms with Gasteiger partial charge in [0.15, 0.2) is 0 Å². The van der Waals surface area contributed by atoms with Crippen LogP contribution in [0.5, 0.6) is 0 Å². The topological polar surface area (TPSA) is 35.5 Å². The minimum absolute atomic E-state index is 0.308. The molecule has 0 saturated carbocycles. The summed E-state index contributed by atoms with van der Waals surface area (Å²) >= 11 is 0. The lowest BCUT2D eigenvalue weighted by atomic mass is 10.2. The van der Waals surface area contributed by atoms with E-state index in [-0.39, 0.29) is 5.97 Å². The molecule has 0 rings (SSSR count). The van der Waals surface area contributed by atoms with E-state index in [0.29, 0.717) is 23.2 Å². The first kappa shape index (κ1) is 20.4. The van der Waals surface area contributed by atoms with E-state index in [1.807, 2.05) is 20.8 Å². The van der Waals surface area contributed by atoms with Crippen molar-refractivity contribution in [1.29, 1.82) is 0 Å². The fraction of sp³-hybridized carbons (Fsp3) is 0.824. The number of carbonyl (C=O) groups is 1. The molecule has 0 aromatic carbocycles. The van der Waals surface area contributed by atoms with E-state index < -0.39 is 13.9 Å². The first-order chi connectivity index (χ1) is 9.43. The highest BCUT2D eigenvalue weighted by Crippen LogP contribution is 2.42. The molecule has 3 nitrogen and oxygen atoms in total. The van der Waals surface area contributed by atoms with Crippen LogP contribution in [0.4, 0.5) is 0 Å². The monoisotopic (exact) mass is 314 g/mol. The van der Waals surface area contributed by atoms with Gasteiger partial charge < -0.3 is 9.16 Å². The van der Waals surface area contributed by atoms with Crippen LogP contribution in [-0.4, -0.2) is 26.5 Å². The Hall–Kier alpha value is -0.613. The Bertz CT molecular complexity index is 330. The van der Waals surface area contributed by atoms with Crippen LogP contribution in [0.25, 0.3) is 0 Å². The van der Waals surface area contributed by atoms with E-state index in [1.165, 1.54) is 6.08 Å². The quantitative estimate of drug-likeness (QED) is 0.373. The van der Waals surface area contributed by atoms with E-state index in [1.54, 1.807) is 6.08 Å². The predicted octanol–water partition coefficient (Wildman–Crippen LogP) is 5.08. The Morgan fingerprint density at radius 1 is 1.00 bits per heavy atom. The molecule has 0 aromatic heterocycles. The summed E-state index contributed by atoms with van der Waals surface area (Å²) in [5.41, 5.74) is 1.20. The molecule has 0 spiro atoms. The van der Waals surface area contributed by atoms with E-state index in [9.17, 15) is 4.79 Å². The lowest BCUT2D eigenvalue weighted by Gasteiger charge is -2.41. The minimum atomic E-state index is -1.85. The molecule has 0 aliphatic heterocycles. The van der Waals surface area contributed by atoms with Crippen molar-refractivity contribution in [1.82, 2.24) is 0 Å². The summed E-state index contributed by atoms with van der Waals surface area (Å²) < 4.78 is 11.6. The summed E-state index contributed by atoms with van der Waals surface area (Å²) in [5.74, 6) is -0.308. The van der Waals surface area contributed by atoms with Crippen molar-refractivity contribution in [2.24, 2.45) is 0 Å². The van der Waals surface area contributed by atoms with Crippen LogP contribution >= 0.6 is 0 Å². The van der Waals surface area contributed by atoms with Crippen molar-refractivity contribution in [3.8, 4) is 0 Å². The molecule has 0 aromatic rings. The molecule has 0 saturated heterocycles. The smallest absolute Gasteiger partial charge is 0.331 e. The Balaban J connectivity index is 4.69. The number of hydrogen-bond donors (Lipinski definition) is 0. The molecule has 4 heteroatoms. The third-order valence-electron chi connectivity index (χ3n) is 3.80. The second kappa shape index (κ2) is 8.13. The minimum Gasteiger partial charge on any atom is -0.457 e.